The van der Waals surface area contributed by atoms with Gasteiger partial charge in [0.1, 0.15) is 11.9 Å². The first kappa shape index (κ1) is 13.9. The van der Waals surface area contributed by atoms with Gasteiger partial charge in [-0.2, -0.15) is 5.10 Å². The topological polar surface area (TPSA) is 35.9 Å². The summed E-state index contributed by atoms with van der Waals surface area (Å²) < 4.78 is 13.3. The average Bonchev–Trinajstić information content (AvgIpc) is 2.98. The first-order chi connectivity index (χ1) is 10.7. The Hall–Kier alpha value is -1.75. The van der Waals surface area contributed by atoms with E-state index < -0.39 is 0 Å². The normalized spacial score (nSPS) is 32.8. The summed E-state index contributed by atoms with van der Waals surface area (Å²) in [5.41, 5.74) is 2.13. The van der Waals surface area contributed by atoms with Crippen molar-refractivity contribution in [3.05, 3.63) is 35.6 Å². The van der Waals surface area contributed by atoms with Crippen LogP contribution in [0.2, 0.25) is 0 Å². The monoisotopic (exact) mass is 301 g/mol. The molecule has 3 saturated heterocycles. The third-order valence-corrected chi connectivity index (χ3v) is 5.20. The van der Waals surface area contributed by atoms with Crippen LogP contribution in [0.15, 0.2) is 29.4 Å². The van der Waals surface area contributed by atoms with Crippen molar-refractivity contribution in [3.8, 4) is 0 Å². The van der Waals surface area contributed by atoms with Crippen LogP contribution < -0.4 is 0 Å². The van der Waals surface area contributed by atoms with Gasteiger partial charge in [0.25, 0.3) is 0 Å². The highest BCUT2D eigenvalue weighted by atomic mass is 19.1. The molecule has 0 saturated carbocycles. The van der Waals surface area contributed by atoms with Crippen LogP contribution in [0.5, 0.6) is 0 Å². The van der Waals surface area contributed by atoms with E-state index in [2.05, 4.69) is 4.90 Å². The number of fused-ring (bicyclic) bond motifs is 2. The Bertz CT molecular complexity index is 619. The van der Waals surface area contributed by atoms with E-state index in [1.807, 2.05) is 6.92 Å². The Morgan fingerprint density at radius 1 is 1.23 bits per heavy atom. The van der Waals surface area contributed by atoms with E-state index in [-0.39, 0.29) is 23.8 Å². The van der Waals surface area contributed by atoms with Gasteiger partial charge in [-0.15, -0.1) is 0 Å². The van der Waals surface area contributed by atoms with E-state index in [4.69, 9.17) is 5.10 Å². The molecule has 2 atom stereocenters. The molecule has 4 aliphatic heterocycles. The predicted octanol–water partition coefficient (Wildman–Crippen LogP) is 2.57. The van der Waals surface area contributed by atoms with E-state index in [0.717, 1.165) is 37.2 Å². The summed E-state index contributed by atoms with van der Waals surface area (Å²) in [4.78, 5) is 14.8. The molecule has 0 N–H and O–H groups in total. The summed E-state index contributed by atoms with van der Waals surface area (Å²) in [5, 5.41) is 6.37. The Kier molecular flexibility index (Phi) is 3.26. The second-order valence-electron chi connectivity index (χ2n) is 6.37. The lowest BCUT2D eigenvalue weighted by atomic mass is 9.78. The minimum absolute atomic E-state index is 0.0387. The number of carbonyl (C=O) groups excluding carboxylic acids is 1. The molecule has 4 aliphatic rings. The lowest BCUT2D eigenvalue weighted by Gasteiger charge is -2.46. The van der Waals surface area contributed by atoms with Crippen molar-refractivity contribution in [2.75, 3.05) is 13.1 Å². The average molecular weight is 301 g/mol. The van der Waals surface area contributed by atoms with Crippen molar-refractivity contribution in [3.63, 3.8) is 0 Å². The van der Waals surface area contributed by atoms with Gasteiger partial charge in [0.05, 0.1) is 11.8 Å². The Labute approximate surface area is 129 Å². The van der Waals surface area contributed by atoms with Crippen LogP contribution in [0, 0.1) is 11.7 Å². The first-order valence-corrected chi connectivity index (χ1v) is 8.09. The summed E-state index contributed by atoms with van der Waals surface area (Å²) in [6.07, 6.45) is 2.71. The van der Waals surface area contributed by atoms with Crippen LogP contribution in [0.3, 0.4) is 0 Å². The van der Waals surface area contributed by atoms with Crippen molar-refractivity contribution in [1.82, 2.24) is 9.91 Å². The number of hydrogen-bond acceptors (Lipinski definition) is 3. The van der Waals surface area contributed by atoms with Crippen LogP contribution in [-0.4, -0.2) is 40.7 Å². The molecule has 22 heavy (non-hydrogen) atoms. The maximum Gasteiger partial charge on any atom is 0.243 e. The third-order valence-electron chi connectivity index (χ3n) is 5.20. The molecule has 0 unspecified atom stereocenters. The van der Waals surface area contributed by atoms with Crippen molar-refractivity contribution in [1.29, 1.82) is 0 Å². The molecular formula is C17H20FN3O. The minimum atomic E-state index is -0.248. The van der Waals surface area contributed by atoms with Gasteiger partial charge in [0, 0.05) is 12.3 Å². The van der Waals surface area contributed by atoms with Crippen LogP contribution in [0.4, 0.5) is 4.39 Å². The highest BCUT2D eigenvalue weighted by Crippen LogP contribution is 2.43. The summed E-state index contributed by atoms with van der Waals surface area (Å²) >= 11 is 0. The summed E-state index contributed by atoms with van der Waals surface area (Å²) in [5.74, 6) is 0.297. The molecule has 0 aliphatic carbocycles. The van der Waals surface area contributed by atoms with Gasteiger partial charge in [-0.25, -0.2) is 9.40 Å². The number of hydrogen-bond donors (Lipinski definition) is 0. The summed E-state index contributed by atoms with van der Waals surface area (Å²) in [6, 6.07) is 6.59. The first-order valence-electron chi connectivity index (χ1n) is 8.09. The molecule has 0 aromatic heterocycles. The van der Waals surface area contributed by atoms with Crippen molar-refractivity contribution in [2.45, 2.75) is 38.3 Å². The lowest BCUT2D eigenvalue weighted by molar-refractivity contribution is -0.133. The zero-order chi connectivity index (χ0) is 15.3. The van der Waals surface area contributed by atoms with Gasteiger partial charge in [0.2, 0.25) is 5.91 Å². The molecule has 1 aromatic rings. The number of carbonyl (C=O) groups is 1. The van der Waals surface area contributed by atoms with E-state index in [0.29, 0.717) is 12.3 Å². The molecule has 0 spiro atoms. The van der Waals surface area contributed by atoms with Gasteiger partial charge < -0.3 is 0 Å². The van der Waals surface area contributed by atoms with Crippen molar-refractivity contribution < 1.29 is 9.18 Å². The van der Waals surface area contributed by atoms with Crippen molar-refractivity contribution in [2.24, 2.45) is 11.0 Å². The number of amides is 1. The predicted molar refractivity (Wildman–Crippen MR) is 81.8 cm³/mol. The van der Waals surface area contributed by atoms with Gasteiger partial charge >= 0.3 is 0 Å². The van der Waals surface area contributed by atoms with E-state index >= 15 is 0 Å². The quantitative estimate of drug-likeness (QED) is 0.841. The van der Waals surface area contributed by atoms with E-state index in [1.165, 1.54) is 12.1 Å². The van der Waals surface area contributed by atoms with Gasteiger partial charge in [-0.05, 0) is 43.6 Å². The Morgan fingerprint density at radius 3 is 2.55 bits per heavy atom. The molecule has 0 radical (unpaired) electrons. The van der Waals surface area contributed by atoms with Crippen LogP contribution >= 0.6 is 0 Å². The van der Waals surface area contributed by atoms with Gasteiger partial charge in [-0.3, -0.25) is 9.69 Å². The highest BCUT2D eigenvalue weighted by Gasteiger charge is 2.50. The smallest absolute Gasteiger partial charge is 0.243 e. The zero-order valence-corrected chi connectivity index (χ0v) is 12.7. The molecule has 4 nitrogen and oxygen atoms in total. The molecule has 5 heteroatoms. The zero-order valence-electron chi connectivity index (χ0n) is 12.7. The van der Waals surface area contributed by atoms with Crippen LogP contribution in [0.25, 0.3) is 0 Å². The highest BCUT2D eigenvalue weighted by molar-refractivity contribution is 5.97. The minimum Gasteiger partial charge on any atom is -0.293 e. The number of halogens is 1. The maximum absolute atomic E-state index is 13.3. The molecule has 3 fully saturated rings. The summed E-state index contributed by atoms with van der Waals surface area (Å²) in [7, 11) is 0. The largest absolute Gasteiger partial charge is 0.293 e. The number of piperidine rings is 3. The van der Waals surface area contributed by atoms with E-state index in [1.54, 1.807) is 17.1 Å². The van der Waals surface area contributed by atoms with Crippen LogP contribution in [0.1, 0.15) is 37.8 Å². The van der Waals surface area contributed by atoms with Crippen molar-refractivity contribution >= 4 is 11.6 Å². The molecular weight excluding hydrogens is 281 g/mol. The molecule has 1 amide bonds. The van der Waals surface area contributed by atoms with E-state index in [9.17, 15) is 9.18 Å². The second kappa shape index (κ2) is 5.16. The van der Waals surface area contributed by atoms with Gasteiger partial charge in [0.15, 0.2) is 0 Å². The fourth-order valence-electron chi connectivity index (χ4n) is 4.08. The fraction of sp³-hybridized carbons (Fsp3) is 0.529. The number of rotatable bonds is 2. The second-order valence-corrected chi connectivity index (χ2v) is 6.37. The standard InChI is InChI=1S/C17H20FN3O/c1-2-14(22)21-16(12-3-5-13(18)6-4-12)17-15(19-21)11-7-9-20(17)10-8-11/h3-6,11,16-17H,2,7-10H2,1H3/t16-,17+/m1/s1. The molecule has 4 heterocycles. The number of nitrogens with zero attached hydrogens (tertiary/aromatic N) is 3. The van der Waals surface area contributed by atoms with Crippen LogP contribution in [-0.2, 0) is 4.79 Å². The number of benzene rings is 1. The molecule has 5 rings (SSSR count). The molecule has 1 aromatic carbocycles. The number of hydrazone groups is 1. The maximum atomic E-state index is 13.3. The summed E-state index contributed by atoms with van der Waals surface area (Å²) in [6.45, 7) is 4.00. The molecule has 2 bridgehead atoms. The van der Waals surface area contributed by atoms with Gasteiger partial charge in [-0.1, -0.05) is 19.1 Å². The molecule has 116 valence electrons. The Balaban J connectivity index is 1.76. The fourth-order valence-corrected chi connectivity index (χ4v) is 4.08. The lowest BCUT2D eigenvalue weighted by Crippen LogP contribution is -2.56. The Morgan fingerprint density at radius 2 is 1.91 bits per heavy atom. The third kappa shape index (κ3) is 1.99. The SMILES string of the molecule is CCC(=O)N1N=C2C3CCN(CC3)[C@@H]2[C@H]1c1ccc(F)cc1.